The Hall–Kier alpha value is -1.47. The van der Waals surface area contributed by atoms with Crippen LogP contribution in [-0.4, -0.2) is 56.0 Å². The van der Waals surface area contributed by atoms with Gasteiger partial charge in [-0.05, 0) is 32.1 Å². The van der Waals surface area contributed by atoms with E-state index in [9.17, 15) is 19.6 Å². The largest absolute Gasteiger partial charge is 0.633 e. The molecule has 2 amide bonds. The molecule has 0 aliphatic heterocycles. The predicted molar refractivity (Wildman–Crippen MR) is 168 cm³/mol. The predicted octanol–water partition coefficient (Wildman–Crippen LogP) is 7.74. The first kappa shape index (κ1) is 38.5. The van der Waals surface area contributed by atoms with E-state index in [1.54, 1.807) is 14.1 Å². The van der Waals surface area contributed by atoms with Gasteiger partial charge in [-0.1, -0.05) is 103 Å². The lowest BCUT2D eigenvalue weighted by Gasteiger charge is -2.33. The highest BCUT2D eigenvalue weighted by molar-refractivity contribution is 5.84. The maximum atomic E-state index is 12.0. The van der Waals surface area contributed by atoms with Gasteiger partial charge in [0, 0.05) is 38.8 Å². The first-order valence-electron chi connectivity index (χ1n) is 16.8. The highest BCUT2D eigenvalue weighted by atomic mass is 16.5. The molecule has 0 aromatic carbocycles. The number of carbonyl (C=O) groups is 3. The molecule has 40 heavy (non-hydrogen) atoms. The molecule has 0 aromatic rings. The minimum atomic E-state index is -0.253. The van der Waals surface area contributed by atoms with Crippen LogP contribution < -0.4 is 10.6 Å². The van der Waals surface area contributed by atoms with Gasteiger partial charge in [-0.2, -0.15) is 0 Å². The number of unbranched alkanes of at least 4 members (excludes halogenated alkanes) is 17. The van der Waals surface area contributed by atoms with Crippen LogP contribution in [0.4, 0.5) is 0 Å². The topological polar surface area (TPSA) is 98.3 Å². The number of hydrogen-bond acceptors (Lipinski definition) is 4. The fourth-order valence-electron chi connectivity index (χ4n) is 4.92. The van der Waals surface area contributed by atoms with Crippen molar-refractivity contribution in [2.75, 3.05) is 33.7 Å². The van der Waals surface area contributed by atoms with E-state index in [0.29, 0.717) is 38.9 Å². The zero-order chi connectivity index (χ0) is 29.7. The number of hydrogen-bond donors (Lipinski definition) is 2. The second kappa shape index (κ2) is 27.7. The minimum Gasteiger partial charge on any atom is -0.633 e. The molecular formula is C33H65N3O4. The molecule has 0 aromatic heterocycles. The molecule has 0 fully saturated rings. The average molecular weight is 568 g/mol. The van der Waals surface area contributed by atoms with Crippen LogP contribution in [0, 0.1) is 5.21 Å². The van der Waals surface area contributed by atoms with E-state index in [0.717, 1.165) is 38.5 Å². The normalized spacial score (nSPS) is 11.5. The van der Waals surface area contributed by atoms with Gasteiger partial charge in [-0.25, -0.2) is 0 Å². The lowest BCUT2D eigenvalue weighted by atomic mass is 10.0. The van der Waals surface area contributed by atoms with Gasteiger partial charge in [-0.15, -0.1) is 0 Å². The van der Waals surface area contributed by atoms with Crippen molar-refractivity contribution >= 4 is 17.6 Å². The molecule has 0 spiro atoms. The van der Waals surface area contributed by atoms with Gasteiger partial charge < -0.3 is 20.5 Å². The first-order valence-corrected chi connectivity index (χ1v) is 16.8. The zero-order valence-electron chi connectivity index (χ0n) is 26.7. The molecule has 0 atom stereocenters. The molecular weight excluding hydrogens is 502 g/mol. The number of hydroxylamine groups is 3. The summed E-state index contributed by atoms with van der Waals surface area (Å²) in [6, 6.07) is 0. The van der Waals surface area contributed by atoms with E-state index in [-0.39, 0.29) is 35.1 Å². The third kappa shape index (κ3) is 31.1. The van der Waals surface area contributed by atoms with Crippen molar-refractivity contribution in [1.29, 1.82) is 0 Å². The molecule has 0 aliphatic rings. The monoisotopic (exact) mass is 567 g/mol. The molecule has 236 valence electrons. The van der Waals surface area contributed by atoms with Crippen molar-refractivity contribution in [2.45, 2.75) is 161 Å². The van der Waals surface area contributed by atoms with E-state index in [1.165, 1.54) is 83.5 Å². The Balaban J connectivity index is 3.41. The standard InChI is InChI=1S/C33H65N3O4/c1-4-5-6-7-8-9-10-11-12-13-14-15-16-17-20-25-32(38)35-29-23-24-31(37)26-27-33(39)34-28-21-18-19-22-30-36(2,3)40/h4-30H2,1-3H3,(H,34,39)(H,35,38). The molecule has 0 saturated heterocycles. The summed E-state index contributed by atoms with van der Waals surface area (Å²) >= 11 is 0. The third-order valence-corrected chi connectivity index (χ3v) is 7.54. The number of carbonyl (C=O) groups excluding carboxylic acids is 3. The van der Waals surface area contributed by atoms with E-state index >= 15 is 0 Å². The summed E-state index contributed by atoms with van der Waals surface area (Å²) in [5, 5.41) is 17.3. The van der Waals surface area contributed by atoms with Gasteiger partial charge in [0.15, 0.2) is 0 Å². The van der Waals surface area contributed by atoms with E-state index in [2.05, 4.69) is 17.6 Å². The summed E-state index contributed by atoms with van der Waals surface area (Å²) in [7, 11) is 3.31. The highest BCUT2D eigenvalue weighted by Crippen LogP contribution is 2.13. The summed E-state index contributed by atoms with van der Waals surface area (Å²) in [5.74, 6) is 0.0741. The van der Waals surface area contributed by atoms with Gasteiger partial charge >= 0.3 is 0 Å². The number of rotatable bonds is 30. The number of quaternary nitrogens is 1. The van der Waals surface area contributed by atoms with Gasteiger partial charge in [0.25, 0.3) is 0 Å². The maximum Gasteiger partial charge on any atom is 0.220 e. The minimum absolute atomic E-state index is 0.0742. The molecule has 0 radical (unpaired) electrons. The van der Waals surface area contributed by atoms with Crippen LogP contribution in [0.2, 0.25) is 0 Å². The Morgan fingerprint density at radius 3 is 1.45 bits per heavy atom. The Morgan fingerprint density at radius 2 is 0.925 bits per heavy atom. The van der Waals surface area contributed by atoms with Crippen LogP contribution in [0.3, 0.4) is 0 Å². The van der Waals surface area contributed by atoms with Crippen LogP contribution in [0.5, 0.6) is 0 Å². The third-order valence-electron chi connectivity index (χ3n) is 7.54. The van der Waals surface area contributed by atoms with Crippen molar-refractivity contribution in [1.82, 2.24) is 10.6 Å². The molecule has 0 saturated carbocycles. The Morgan fingerprint density at radius 1 is 0.500 bits per heavy atom. The lowest BCUT2D eigenvalue weighted by Crippen LogP contribution is -2.33. The zero-order valence-corrected chi connectivity index (χ0v) is 26.7. The van der Waals surface area contributed by atoms with Crippen molar-refractivity contribution in [3.63, 3.8) is 0 Å². The smallest absolute Gasteiger partial charge is 0.220 e. The first-order chi connectivity index (χ1) is 19.2. The van der Waals surface area contributed by atoms with Gasteiger partial charge in [0.1, 0.15) is 5.78 Å². The second-order valence-electron chi connectivity index (χ2n) is 12.3. The number of ketones is 1. The van der Waals surface area contributed by atoms with Crippen LogP contribution in [-0.2, 0) is 14.4 Å². The Labute approximate surface area is 247 Å². The number of nitrogens with zero attached hydrogens (tertiary/aromatic N) is 1. The average Bonchev–Trinajstić information content (AvgIpc) is 2.91. The molecule has 7 nitrogen and oxygen atoms in total. The van der Waals surface area contributed by atoms with E-state index in [4.69, 9.17) is 0 Å². The van der Waals surface area contributed by atoms with Crippen LogP contribution in [0.15, 0.2) is 0 Å². The van der Waals surface area contributed by atoms with Crippen molar-refractivity contribution in [2.24, 2.45) is 0 Å². The molecule has 0 heterocycles. The summed E-state index contributed by atoms with van der Waals surface area (Å²) < 4.78 is -0.253. The van der Waals surface area contributed by atoms with Crippen molar-refractivity contribution < 1.29 is 19.0 Å². The SMILES string of the molecule is CCCCCCCCCCCCCCCCCC(=O)NCCCC(=O)CCC(=O)NCCCCCC[N+](C)(C)[O-]. The van der Waals surface area contributed by atoms with Crippen LogP contribution in [0.1, 0.15) is 161 Å². The van der Waals surface area contributed by atoms with Crippen molar-refractivity contribution in [3.8, 4) is 0 Å². The summed E-state index contributed by atoms with van der Waals surface area (Å²) in [5.41, 5.74) is 0. The number of nitrogens with one attached hydrogen (secondary N) is 2. The maximum absolute atomic E-state index is 12.0. The summed E-state index contributed by atoms with van der Waals surface area (Å²) in [6.07, 6.45) is 25.6. The van der Waals surface area contributed by atoms with Gasteiger partial charge in [0.2, 0.25) is 11.8 Å². The Kier molecular flexibility index (Phi) is 26.7. The fraction of sp³-hybridized carbons (Fsp3) is 0.909. The summed E-state index contributed by atoms with van der Waals surface area (Å²) in [6.45, 7) is 4.04. The van der Waals surface area contributed by atoms with Crippen molar-refractivity contribution in [3.05, 3.63) is 5.21 Å². The molecule has 2 N–H and O–H groups in total. The van der Waals surface area contributed by atoms with Crippen LogP contribution in [0.25, 0.3) is 0 Å². The highest BCUT2D eigenvalue weighted by Gasteiger charge is 2.08. The number of Topliss-reactive ketones (excluding diaryl/α,β-unsaturated/α-hetero) is 1. The Bertz CT molecular complexity index is 619. The number of amides is 2. The molecule has 0 rings (SSSR count). The molecule has 0 aliphatic carbocycles. The summed E-state index contributed by atoms with van der Waals surface area (Å²) in [4.78, 5) is 35.9. The van der Waals surface area contributed by atoms with Gasteiger partial charge in [0.05, 0.1) is 20.6 Å². The molecule has 0 bridgehead atoms. The second-order valence-corrected chi connectivity index (χ2v) is 12.3. The van der Waals surface area contributed by atoms with Gasteiger partial charge in [-0.3, -0.25) is 14.4 Å². The fourth-order valence-corrected chi connectivity index (χ4v) is 4.92. The molecule has 0 unspecified atom stereocenters. The van der Waals surface area contributed by atoms with E-state index < -0.39 is 0 Å². The van der Waals surface area contributed by atoms with Crippen LogP contribution >= 0.6 is 0 Å². The molecule has 7 heteroatoms. The quantitative estimate of drug-likeness (QED) is 0.0527. The van der Waals surface area contributed by atoms with E-state index in [1.807, 2.05) is 0 Å². The lowest BCUT2D eigenvalue weighted by molar-refractivity contribution is -0.840.